The second kappa shape index (κ2) is 5.22. The molecule has 1 aromatic carbocycles. The number of benzene rings is 1. The molecule has 0 aliphatic rings. The Morgan fingerprint density at radius 1 is 1.28 bits per heavy atom. The standard InChI is InChI=1S/C11H11IN2O2S2/c1-8-7-11(14(13-8)17-2)18(15,16)10-5-3-9(12)4-6-10/h3-7H,1-2H3. The van der Waals surface area contributed by atoms with Crippen molar-refractivity contribution in [3.05, 3.63) is 39.6 Å². The lowest BCUT2D eigenvalue weighted by Crippen LogP contribution is -2.07. The molecule has 0 aliphatic heterocycles. The first kappa shape index (κ1) is 13.9. The van der Waals surface area contributed by atoms with Crippen molar-refractivity contribution in [2.24, 2.45) is 0 Å². The van der Waals surface area contributed by atoms with E-state index in [2.05, 4.69) is 27.7 Å². The molecule has 0 atom stereocenters. The van der Waals surface area contributed by atoms with Crippen LogP contribution in [0.4, 0.5) is 0 Å². The van der Waals surface area contributed by atoms with Gasteiger partial charge in [0.1, 0.15) is 0 Å². The third-order valence-corrected chi connectivity index (χ3v) is 5.53. The summed E-state index contributed by atoms with van der Waals surface area (Å²) in [5.41, 5.74) is 0.688. The molecule has 0 N–H and O–H groups in total. The molecule has 1 heterocycles. The van der Waals surface area contributed by atoms with Crippen LogP contribution in [0, 0.1) is 10.5 Å². The van der Waals surface area contributed by atoms with Gasteiger partial charge in [-0.3, -0.25) is 0 Å². The van der Waals surface area contributed by atoms with E-state index in [9.17, 15) is 8.42 Å². The van der Waals surface area contributed by atoms with Crippen LogP contribution in [0.25, 0.3) is 0 Å². The summed E-state index contributed by atoms with van der Waals surface area (Å²) in [5.74, 6) is 0. The molecule has 0 saturated carbocycles. The molecule has 0 bridgehead atoms. The molecular formula is C11H11IN2O2S2. The highest BCUT2D eigenvalue weighted by Gasteiger charge is 2.23. The molecule has 18 heavy (non-hydrogen) atoms. The summed E-state index contributed by atoms with van der Waals surface area (Å²) in [6.45, 7) is 1.78. The highest BCUT2D eigenvalue weighted by atomic mass is 127. The first-order chi connectivity index (χ1) is 8.45. The van der Waals surface area contributed by atoms with Gasteiger partial charge in [-0.1, -0.05) is 0 Å². The van der Waals surface area contributed by atoms with Gasteiger partial charge in [-0.15, -0.1) is 0 Å². The van der Waals surface area contributed by atoms with Crippen molar-refractivity contribution >= 4 is 44.4 Å². The maximum absolute atomic E-state index is 12.5. The number of aromatic nitrogens is 2. The molecule has 0 spiro atoms. The van der Waals surface area contributed by atoms with Crippen molar-refractivity contribution in [2.75, 3.05) is 6.26 Å². The van der Waals surface area contributed by atoms with E-state index in [0.29, 0.717) is 5.69 Å². The van der Waals surface area contributed by atoms with Crippen LogP contribution in [0.1, 0.15) is 5.69 Å². The number of halogens is 1. The van der Waals surface area contributed by atoms with Crippen LogP contribution in [0.15, 0.2) is 40.3 Å². The van der Waals surface area contributed by atoms with Gasteiger partial charge < -0.3 is 0 Å². The van der Waals surface area contributed by atoms with E-state index < -0.39 is 9.84 Å². The summed E-state index contributed by atoms with van der Waals surface area (Å²) in [6, 6.07) is 8.37. The Kier molecular flexibility index (Phi) is 4.02. The average Bonchev–Trinajstić information content (AvgIpc) is 2.72. The van der Waals surface area contributed by atoms with Gasteiger partial charge in [0.2, 0.25) is 9.84 Å². The molecule has 7 heteroatoms. The molecular weight excluding hydrogens is 383 g/mol. The van der Waals surface area contributed by atoms with Gasteiger partial charge in [-0.2, -0.15) is 9.19 Å². The van der Waals surface area contributed by atoms with Crippen molar-refractivity contribution in [2.45, 2.75) is 16.8 Å². The lowest BCUT2D eigenvalue weighted by molar-refractivity contribution is 0.590. The van der Waals surface area contributed by atoms with Crippen LogP contribution in [0.5, 0.6) is 0 Å². The fraction of sp³-hybridized carbons (Fsp3) is 0.182. The average molecular weight is 394 g/mol. The van der Waals surface area contributed by atoms with Gasteiger partial charge in [0.25, 0.3) is 0 Å². The van der Waals surface area contributed by atoms with Gasteiger partial charge in [0.15, 0.2) is 5.03 Å². The molecule has 0 aliphatic carbocycles. The second-order valence-electron chi connectivity index (χ2n) is 3.64. The summed E-state index contributed by atoms with van der Waals surface area (Å²) >= 11 is 3.41. The number of aryl methyl sites for hydroxylation is 1. The van der Waals surface area contributed by atoms with Gasteiger partial charge in [0, 0.05) is 9.83 Å². The second-order valence-corrected chi connectivity index (χ2v) is 7.49. The first-order valence-corrected chi connectivity index (χ1v) is 8.81. The van der Waals surface area contributed by atoms with Crippen LogP contribution in [0.3, 0.4) is 0 Å². The zero-order valence-electron chi connectivity index (χ0n) is 9.79. The van der Waals surface area contributed by atoms with Crippen LogP contribution in [0.2, 0.25) is 0 Å². The number of hydrogen-bond acceptors (Lipinski definition) is 4. The van der Waals surface area contributed by atoms with E-state index in [4.69, 9.17) is 0 Å². The van der Waals surface area contributed by atoms with E-state index in [-0.39, 0.29) is 9.92 Å². The normalized spacial score (nSPS) is 11.7. The topological polar surface area (TPSA) is 52.0 Å². The Balaban J connectivity index is 2.57. The smallest absolute Gasteiger partial charge is 0.217 e. The number of nitrogens with zero attached hydrogens (tertiary/aromatic N) is 2. The number of rotatable bonds is 3. The zero-order chi connectivity index (χ0) is 13.3. The van der Waals surface area contributed by atoms with E-state index in [1.165, 1.54) is 16.0 Å². The van der Waals surface area contributed by atoms with Crippen LogP contribution < -0.4 is 0 Å². The van der Waals surface area contributed by atoms with Gasteiger partial charge in [-0.05, 0) is 71.8 Å². The SMILES string of the molecule is CSn1nc(C)cc1S(=O)(=O)c1ccc(I)cc1. The molecule has 0 amide bonds. The Labute approximate surface area is 124 Å². The Morgan fingerprint density at radius 2 is 1.89 bits per heavy atom. The fourth-order valence-electron chi connectivity index (χ4n) is 1.50. The van der Waals surface area contributed by atoms with E-state index in [1.807, 2.05) is 0 Å². The minimum Gasteiger partial charge on any atom is -0.217 e. The van der Waals surface area contributed by atoms with Crippen molar-refractivity contribution < 1.29 is 8.42 Å². The third kappa shape index (κ3) is 2.57. The molecule has 0 saturated heterocycles. The molecule has 96 valence electrons. The predicted molar refractivity (Wildman–Crippen MR) is 80.5 cm³/mol. The van der Waals surface area contributed by atoms with Crippen LogP contribution >= 0.6 is 34.5 Å². The third-order valence-electron chi connectivity index (χ3n) is 2.34. The van der Waals surface area contributed by atoms with Gasteiger partial charge in [-0.25, -0.2) is 8.42 Å². The molecule has 0 fully saturated rings. The predicted octanol–water partition coefficient (Wildman–Crippen LogP) is 2.76. The summed E-state index contributed by atoms with van der Waals surface area (Å²) in [4.78, 5) is 0.290. The Hall–Kier alpha value is -0.540. The van der Waals surface area contributed by atoms with Gasteiger partial charge in [0.05, 0.1) is 10.6 Å². The Morgan fingerprint density at radius 3 is 2.44 bits per heavy atom. The van der Waals surface area contributed by atoms with Crippen LogP contribution in [-0.4, -0.2) is 23.9 Å². The monoisotopic (exact) mass is 394 g/mol. The summed E-state index contributed by atoms with van der Waals surface area (Å²) in [7, 11) is -3.50. The summed E-state index contributed by atoms with van der Waals surface area (Å²) in [6.07, 6.45) is 1.79. The van der Waals surface area contributed by atoms with Crippen LogP contribution in [-0.2, 0) is 9.84 Å². The van der Waals surface area contributed by atoms with E-state index in [0.717, 1.165) is 3.57 Å². The minimum atomic E-state index is -3.50. The highest BCUT2D eigenvalue weighted by molar-refractivity contribution is 14.1. The number of hydrogen-bond donors (Lipinski definition) is 0. The quantitative estimate of drug-likeness (QED) is 0.752. The van der Waals surface area contributed by atoms with Gasteiger partial charge >= 0.3 is 0 Å². The van der Waals surface area contributed by atoms with E-state index >= 15 is 0 Å². The summed E-state index contributed by atoms with van der Waals surface area (Å²) in [5, 5.41) is 4.35. The Bertz CT molecular complexity index is 663. The van der Waals surface area contributed by atoms with Crippen molar-refractivity contribution in [1.29, 1.82) is 0 Å². The van der Waals surface area contributed by atoms with E-state index in [1.54, 1.807) is 43.5 Å². The maximum Gasteiger partial charge on any atom is 0.224 e. The first-order valence-electron chi connectivity index (χ1n) is 5.07. The molecule has 2 aromatic rings. The number of sulfone groups is 1. The largest absolute Gasteiger partial charge is 0.224 e. The van der Waals surface area contributed by atoms with Crippen molar-refractivity contribution in [3.63, 3.8) is 0 Å². The summed E-state index contributed by atoms with van der Waals surface area (Å²) < 4.78 is 27.4. The molecule has 4 nitrogen and oxygen atoms in total. The van der Waals surface area contributed by atoms with Crippen molar-refractivity contribution in [3.8, 4) is 0 Å². The molecule has 1 aromatic heterocycles. The molecule has 0 unspecified atom stereocenters. The molecule has 0 radical (unpaired) electrons. The van der Waals surface area contributed by atoms with Crippen molar-refractivity contribution in [1.82, 2.24) is 9.19 Å². The maximum atomic E-state index is 12.5. The minimum absolute atomic E-state index is 0.216. The lowest BCUT2D eigenvalue weighted by Gasteiger charge is -2.05. The zero-order valence-corrected chi connectivity index (χ0v) is 13.6. The highest BCUT2D eigenvalue weighted by Crippen LogP contribution is 2.24. The molecule has 2 rings (SSSR count). The fourth-order valence-corrected chi connectivity index (χ4v) is 4.13. The lowest BCUT2D eigenvalue weighted by atomic mass is 10.4.